The van der Waals surface area contributed by atoms with Gasteiger partial charge in [-0.25, -0.2) is 9.59 Å². The molecule has 1 atom stereocenters. The zero-order chi connectivity index (χ0) is 37.1. The van der Waals surface area contributed by atoms with Crippen LogP contribution in [0.25, 0.3) is 0 Å². The summed E-state index contributed by atoms with van der Waals surface area (Å²) in [4.78, 5) is 57.1. The number of anilines is 2. The van der Waals surface area contributed by atoms with Crippen molar-refractivity contribution in [2.45, 2.75) is 41.0 Å². The first-order chi connectivity index (χ1) is 24.5. The predicted octanol–water partition coefficient (Wildman–Crippen LogP) is 7.29. The molecule has 2 N–H and O–H groups in total. The Hall–Kier alpha value is -5.64. The second kappa shape index (κ2) is 17.8. The Balaban J connectivity index is 1.35. The summed E-state index contributed by atoms with van der Waals surface area (Å²) in [5.74, 6) is -2.95. The molecule has 0 saturated carbocycles. The molecule has 4 rings (SSSR count). The van der Waals surface area contributed by atoms with Crippen LogP contribution >= 0.6 is 0 Å². The average molecular weight is 695 g/mol. The van der Waals surface area contributed by atoms with Crippen LogP contribution in [0.1, 0.15) is 93.6 Å². The van der Waals surface area contributed by atoms with E-state index in [1.54, 1.807) is 60.7 Å². The van der Waals surface area contributed by atoms with Gasteiger partial charge in [0.15, 0.2) is 11.6 Å². The molecule has 0 bridgehead atoms. The summed E-state index contributed by atoms with van der Waals surface area (Å²) < 4.78 is 11.0. The number of ether oxygens (including phenoxy) is 2. The van der Waals surface area contributed by atoms with Gasteiger partial charge in [0.1, 0.15) is 11.5 Å². The van der Waals surface area contributed by atoms with E-state index in [0.717, 1.165) is 37.6 Å². The van der Waals surface area contributed by atoms with Gasteiger partial charge < -0.3 is 29.5 Å². The van der Waals surface area contributed by atoms with Crippen molar-refractivity contribution in [1.29, 1.82) is 0 Å². The molecule has 10 nitrogen and oxygen atoms in total. The van der Waals surface area contributed by atoms with Crippen LogP contribution in [0.4, 0.5) is 11.4 Å². The molecule has 1 unspecified atom stereocenters. The highest BCUT2D eigenvalue weighted by Gasteiger charge is 2.24. The van der Waals surface area contributed by atoms with E-state index in [1.165, 1.54) is 24.3 Å². The van der Waals surface area contributed by atoms with Crippen LogP contribution in [0.2, 0.25) is 0 Å². The Morgan fingerprint density at radius 1 is 0.569 bits per heavy atom. The summed E-state index contributed by atoms with van der Waals surface area (Å²) >= 11 is 0. The molecule has 4 aromatic carbocycles. The molecule has 0 aliphatic heterocycles. The summed E-state index contributed by atoms with van der Waals surface area (Å²) in [6, 6.07) is 22.3. The lowest BCUT2D eigenvalue weighted by molar-refractivity contribution is 0.0366. The number of benzene rings is 4. The monoisotopic (exact) mass is 694 g/mol. The maximum atomic E-state index is 13.4. The van der Waals surface area contributed by atoms with Crippen molar-refractivity contribution in [3.63, 3.8) is 0 Å². The Bertz CT molecular complexity index is 1860. The number of rotatable bonds is 17. The van der Waals surface area contributed by atoms with Crippen LogP contribution < -0.4 is 9.80 Å². The number of aromatic hydroxyl groups is 2. The molecule has 51 heavy (non-hydrogen) atoms. The molecule has 0 spiro atoms. The minimum atomic E-state index is -0.692. The van der Waals surface area contributed by atoms with E-state index in [2.05, 4.69) is 0 Å². The van der Waals surface area contributed by atoms with Crippen LogP contribution in [0.3, 0.4) is 0 Å². The third-order valence-electron chi connectivity index (χ3n) is 8.84. The van der Waals surface area contributed by atoms with Crippen molar-refractivity contribution >= 4 is 34.9 Å². The molecule has 0 fully saturated rings. The highest BCUT2D eigenvalue weighted by molar-refractivity contribution is 6.16. The summed E-state index contributed by atoms with van der Waals surface area (Å²) in [7, 11) is 0. The molecule has 0 radical (unpaired) electrons. The number of phenols is 2. The van der Waals surface area contributed by atoms with Crippen molar-refractivity contribution in [2.24, 2.45) is 5.92 Å². The quantitative estimate of drug-likeness (QED) is 0.0857. The zero-order valence-electron chi connectivity index (χ0n) is 29.8. The molecular weight excluding hydrogens is 648 g/mol. The molecular formula is C41H46N2O8. The zero-order valence-corrected chi connectivity index (χ0v) is 29.8. The van der Waals surface area contributed by atoms with E-state index in [-0.39, 0.29) is 64.0 Å². The van der Waals surface area contributed by atoms with Gasteiger partial charge in [0.2, 0.25) is 0 Å². The van der Waals surface area contributed by atoms with E-state index in [9.17, 15) is 29.4 Å². The number of nitrogens with zero attached hydrogens (tertiary/aromatic N) is 2. The number of esters is 2. The lowest BCUT2D eigenvalue weighted by Crippen LogP contribution is -2.22. The topological polar surface area (TPSA) is 134 Å². The van der Waals surface area contributed by atoms with Gasteiger partial charge in [0.05, 0.1) is 35.5 Å². The first-order valence-electron chi connectivity index (χ1n) is 17.3. The minimum absolute atomic E-state index is 0.000557. The first kappa shape index (κ1) is 38.2. The molecule has 0 aromatic heterocycles. The van der Waals surface area contributed by atoms with E-state index in [4.69, 9.17) is 9.47 Å². The largest absolute Gasteiger partial charge is 0.507 e. The fraction of sp³-hybridized carbons (Fsp3) is 0.317. The predicted molar refractivity (Wildman–Crippen MR) is 197 cm³/mol. The number of carbonyl (C=O) groups excluding carboxylic acids is 4. The van der Waals surface area contributed by atoms with Gasteiger partial charge in [-0.1, -0.05) is 43.3 Å². The average Bonchev–Trinajstić information content (AvgIpc) is 3.14. The molecule has 0 aliphatic rings. The van der Waals surface area contributed by atoms with Crippen LogP contribution in [0, 0.1) is 5.92 Å². The van der Waals surface area contributed by atoms with Crippen LogP contribution in [0.5, 0.6) is 11.5 Å². The number of hydrogen-bond acceptors (Lipinski definition) is 10. The molecule has 0 heterocycles. The van der Waals surface area contributed by atoms with Gasteiger partial charge >= 0.3 is 11.9 Å². The van der Waals surface area contributed by atoms with E-state index >= 15 is 0 Å². The number of phenolic OH excluding ortho intramolecular Hbond substituents is 2. The van der Waals surface area contributed by atoms with Gasteiger partial charge in [0.25, 0.3) is 0 Å². The van der Waals surface area contributed by atoms with Gasteiger partial charge in [-0.3, -0.25) is 9.59 Å². The number of ketones is 2. The summed E-state index contributed by atoms with van der Waals surface area (Å²) in [6.45, 7) is 12.8. The van der Waals surface area contributed by atoms with E-state index in [1.807, 2.05) is 44.4 Å². The number of carbonyl (C=O) groups is 4. The van der Waals surface area contributed by atoms with Crippen LogP contribution in [-0.4, -0.2) is 73.1 Å². The van der Waals surface area contributed by atoms with Gasteiger partial charge in [-0.2, -0.15) is 0 Å². The summed E-state index contributed by atoms with van der Waals surface area (Å²) in [5.41, 5.74) is 2.09. The lowest BCUT2D eigenvalue weighted by Gasteiger charge is -2.21. The van der Waals surface area contributed by atoms with Gasteiger partial charge in [-0.05, 0) is 76.4 Å². The standard InChI is InChI=1S/C41H46N2O8/c1-6-42(7-2)28-18-20-34(36(44)24-28)38(46)30-14-10-12-16-32(30)40(48)50-23-22-27(5)26-51-41(49)33-17-13-11-15-31(33)39(47)35-21-19-29(25-37(35)45)43(8-3)9-4/h10-21,24-25,27,44-45H,6-9,22-23,26H2,1-5H3. The van der Waals surface area contributed by atoms with Gasteiger partial charge in [-0.15, -0.1) is 0 Å². The maximum absolute atomic E-state index is 13.4. The molecule has 0 saturated heterocycles. The Morgan fingerprint density at radius 3 is 1.35 bits per heavy atom. The third-order valence-corrected chi connectivity index (χ3v) is 8.84. The second-order valence-corrected chi connectivity index (χ2v) is 12.1. The first-order valence-corrected chi connectivity index (χ1v) is 17.3. The van der Waals surface area contributed by atoms with Crippen molar-refractivity contribution in [1.82, 2.24) is 0 Å². The maximum Gasteiger partial charge on any atom is 0.338 e. The summed E-state index contributed by atoms with van der Waals surface area (Å²) in [5, 5.41) is 21.4. The smallest absolute Gasteiger partial charge is 0.338 e. The Kier molecular flexibility index (Phi) is 13.4. The fourth-order valence-corrected chi connectivity index (χ4v) is 5.81. The van der Waals surface area contributed by atoms with E-state index in [0.29, 0.717) is 6.42 Å². The normalized spacial score (nSPS) is 11.4. The molecule has 0 amide bonds. The molecule has 0 aliphatic carbocycles. The van der Waals surface area contributed by atoms with Gasteiger partial charge in [0, 0.05) is 60.8 Å². The minimum Gasteiger partial charge on any atom is -0.507 e. The van der Waals surface area contributed by atoms with Crippen molar-refractivity contribution in [3.8, 4) is 11.5 Å². The van der Waals surface area contributed by atoms with E-state index < -0.39 is 23.5 Å². The van der Waals surface area contributed by atoms with Crippen LogP contribution in [0.15, 0.2) is 84.9 Å². The second-order valence-electron chi connectivity index (χ2n) is 12.1. The van der Waals surface area contributed by atoms with Crippen molar-refractivity contribution in [2.75, 3.05) is 49.2 Å². The van der Waals surface area contributed by atoms with Crippen LogP contribution in [-0.2, 0) is 9.47 Å². The molecule has 10 heteroatoms. The molecule has 4 aromatic rings. The highest BCUT2D eigenvalue weighted by atomic mass is 16.5. The van der Waals surface area contributed by atoms with Crippen molar-refractivity contribution < 1.29 is 38.9 Å². The Labute approximate surface area is 299 Å². The summed E-state index contributed by atoms with van der Waals surface area (Å²) in [6.07, 6.45) is 0.357. The highest BCUT2D eigenvalue weighted by Crippen LogP contribution is 2.29. The lowest BCUT2D eigenvalue weighted by atomic mass is 9.97. The molecule has 268 valence electrons. The van der Waals surface area contributed by atoms with Crippen molar-refractivity contribution in [3.05, 3.63) is 118 Å². The number of hydrogen-bond donors (Lipinski definition) is 2. The third kappa shape index (κ3) is 9.13. The SMILES string of the molecule is CCN(CC)c1ccc(C(=O)c2ccccc2C(=O)OCCC(C)COC(=O)c2ccccc2C(=O)c2ccc(N(CC)CC)cc2O)c(O)c1. The Morgan fingerprint density at radius 2 is 0.961 bits per heavy atom. The fourth-order valence-electron chi connectivity index (χ4n) is 5.81.